The summed E-state index contributed by atoms with van der Waals surface area (Å²) in [6, 6.07) is 16.2. The third kappa shape index (κ3) is 4.16. The second-order valence-electron chi connectivity index (χ2n) is 5.58. The van der Waals surface area contributed by atoms with Gasteiger partial charge in [-0.15, -0.1) is 0 Å². The van der Waals surface area contributed by atoms with Crippen molar-refractivity contribution in [2.45, 2.75) is 6.54 Å². The Labute approximate surface area is 150 Å². The van der Waals surface area contributed by atoms with Gasteiger partial charge in [0, 0.05) is 18.1 Å². The molecular weight excluding hydrogens is 332 g/mol. The van der Waals surface area contributed by atoms with Gasteiger partial charge in [0.2, 0.25) is 0 Å². The Kier molecular flexibility index (Phi) is 5.43. The topological polar surface area (TPSA) is 77.5 Å². The summed E-state index contributed by atoms with van der Waals surface area (Å²) in [5.74, 6) is -0.172. The molecule has 0 saturated carbocycles. The highest BCUT2D eigenvalue weighted by Gasteiger charge is 2.13. The molecule has 0 fully saturated rings. The molecule has 1 aromatic heterocycles. The lowest BCUT2D eigenvalue weighted by Gasteiger charge is -2.08. The zero-order valence-electron chi connectivity index (χ0n) is 14.3. The minimum atomic E-state index is -0.553. The van der Waals surface area contributed by atoms with Crippen LogP contribution in [0.2, 0.25) is 0 Å². The van der Waals surface area contributed by atoms with Crippen LogP contribution in [-0.2, 0) is 16.1 Å². The largest absolute Gasteiger partial charge is 0.497 e. The zero-order chi connectivity index (χ0) is 18.4. The first-order chi connectivity index (χ1) is 12.7. The van der Waals surface area contributed by atoms with Crippen molar-refractivity contribution >= 4 is 22.8 Å². The number of hydrogen-bond acceptors (Lipinski definition) is 5. The number of aromatic nitrogens is 1. The van der Waals surface area contributed by atoms with Gasteiger partial charge in [-0.05, 0) is 29.8 Å². The Balaban J connectivity index is 1.54. The highest BCUT2D eigenvalue weighted by molar-refractivity contribution is 6.03. The number of nitrogens with one attached hydrogen (secondary N) is 1. The quantitative estimate of drug-likeness (QED) is 0.692. The first kappa shape index (κ1) is 17.4. The van der Waals surface area contributed by atoms with Gasteiger partial charge in [-0.1, -0.05) is 30.3 Å². The molecule has 3 aromatic rings. The number of para-hydroxylation sites is 1. The summed E-state index contributed by atoms with van der Waals surface area (Å²) >= 11 is 0. The summed E-state index contributed by atoms with van der Waals surface area (Å²) in [6.07, 6.45) is 1.54. The van der Waals surface area contributed by atoms with Crippen LogP contribution in [0.25, 0.3) is 10.9 Å². The molecule has 6 nitrogen and oxygen atoms in total. The van der Waals surface area contributed by atoms with Gasteiger partial charge in [0.1, 0.15) is 5.75 Å². The third-order valence-electron chi connectivity index (χ3n) is 3.85. The number of fused-ring (bicyclic) bond motifs is 1. The lowest BCUT2D eigenvalue weighted by atomic mass is 10.1. The number of methoxy groups -OCH3 is 1. The summed E-state index contributed by atoms with van der Waals surface area (Å²) in [4.78, 5) is 28.4. The van der Waals surface area contributed by atoms with Crippen LogP contribution in [0, 0.1) is 0 Å². The van der Waals surface area contributed by atoms with Crippen molar-refractivity contribution < 1.29 is 19.1 Å². The van der Waals surface area contributed by atoms with E-state index in [1.807, 2.05) is 42.5 Å². The molecule has 3 rings (SSSR count). The minimum Gasteiger partial charge on any atom is -0.497 e. The van der Waals surface area contributed by atoms with Gasteiger partial charge in [0.15, 0.2) is 6.61 Å². The molecule has 0 spiro atoms. The summed E-state index contributed by atoms with van der Waals surface area (Å²) < 4.78 is 10.2. The fourth-order valence-electron chi connectivity index (χ4n) is 2.48. The van der Waals surface area contributed by atoms with E-state index >= 15 is 0 Å². The zero-order valence-corrected chi connectivity index (χ0v) is 14.3. The normalized spacial score (nSPS) is 10.3. The highest BCUT2D eigenvalue weighted by Crippen LogP contribution is 2.17. The van der Waals surface area contributed by atoms with Crippen LogP contribution in [0.5, 0.6) is 5.75 Å². The van der Waals surface area contributed by atoms with E-state index in [2.05, 4.69) is 10.3 Å². The fourth-order valence-corrected chi connectivity index (χ4v) is 2.48. The van der Waals surface area contributed by atoms with Gasteiger partial charge < -0.3 is 14.8 Å². The smallest absolute Gasteiger partial charge is 0.339 e. The van der Waals surface area contributed by atoms with Gasteiger partial charge in [-0.25, -0.2) is 4.79 Å². The average Bonchev–Trinajstić information content (AvgIpc) is 2.70. The second kappa shape index (κ2) is 8.11. The van der Waals surface area contributed by atoms with Crippen molar-refractivity contribution in [1.82, 2.24) is 10.3 Å². The average molecular weight is 350 g/mol. The van der Waals surface area contributed by atoms with Crippen LogP contribution in [0.15, 0.2) is 60.8 Å². The maximum Gasteiger partial charge on any atom is 0.339 e. The molecule has 26 heavy (non-hydrogen) atoms. The lowest BCUT2D eigenvalue weighted by Crippen LogP contribution is -2.28. The van der Waals surface area contributed by atoms with Gasteiger partial charge >= 0.3 is 5.97 Å². The number of hydrogen-bond donors (Lipinski definition) is 1. The van der Waals surface area contributed by atoms with Crippen molar-refractivity contribution in [2.24, 2.45) is 0 Å². The fraction of sp³-hybridized carbons (Fsp3) is 0.150. The Bertz CT molecular complexity index is 917. The number of pyridine rings is 1. The minimum absolute atomic E-state index is 0.342. The third-order valence-corrected chi connectivity index (χ3v) is 3.85. The number of ether oxygens (including phenoxy) is 2. The number of benzene rings is 2. The van der Waals surface area contributed by atoms with Crippen molar-refractivity contribution in [3.05, 3.63) is 71.9 Å². The summed E-state index contributed by atoms with van der Waals surface area (Å²) in [6.45, 7) is 0.00417. The Morgan fingerprint density at radius 1 is 1.04 bits per heavy atom. The van der Waals surface area contributed by atoms with E-state index in [0.29, 0.717) is 23.0 Å². The van der Waals surface area contributed by atoms with Crippen LogP contribution in [0.3, 0.4) is 0 Å². The maximum atomic E-state index is 12.3. The molecule has 1 N–H and O–H groups in total. The molecule has 0 saturated heterocycles. The van der Waals surface area contributed by atoms with Crippen molar-refractivity contribution in [1.29, 1.82) is 0 Å². The first-order valence-electron chi connectivity index (χ1n) is 8.08. The highest BCUT2D eigenvalue weighted by atomic mass is 16.5. The molecular formula is C20H18N2O4. The predicted molar refractivity (Wildman–Crippen MR) is 96.9 cm³/mol. The number of esters is 1. The van der Waals surface area contributed by atoms with Gasteiger partial charge in [-0.2, -0.15) is 0 Å². The molecule has 0 bridgehead atoms. The van der Waals surface area contributed by atoms with Crippen molar-refractivity contribution in [3.63, 3.8) is 0 Å². The number of amides is 1. The summed E-state index contributed by atoms with van der Waals surface area (Å²) in [5, 5.41) is 3.40. The van der Waals surface area contributed by atoms with Crippen LogP contribution >= 0.6 is 0 Å². The second-order valence-corrected chi connectivity index (χ2v) is 5.58. The molecule has 0 atom stereocenters. The monoisotopic (exact) mass is 350 g/mol. The SMILES string of the molecule is COc1ccc(CNC(=O)COC(=O)c2ccnc3ccccc23)cc1. The van der Waals surface area contributed by atoms with Crippen molar-refractivity contribution in [3.8, 4) is 5.75 Å². The first-order valence-corrected chi connectivity index (χ1v) is 8.08. The Hall–Kier alpha value is -3.41. The van der Waals surface area contributed by atoms with E-state index in [4.69, 9.17) is 9.47 Å². The molecule has 6 heteroatoms. The molecule has 0 radical (unpaired) electrons. The van der Waals surface area contributed by atoms with Gasteiger partial charge in [0.05, 0.1) is 18.2 Å². The van der Waals surface area contributed by atoms with Crippen LogP contribution in [0.4, 0.5) is 0 Å². The van der Waals surface area contributed by atoms with E-state index in [0.717, 1.165) is 11.3 Å². The summed E-state index contributed by atoms with van der Waals surface area (Å²) in [7, 11) is 1.59. The number of carbonyl (C=O) groups excluding carboxylic acids is 2. The Morgan fingerprint density at radius 3 is 2.58 bits per heavy atom. The van der Waals surface area contributed by atoms with E-state index in [-0.39, 0.29) is 12.5 Å². The van der Waals surface area contributed by atoms with Gasteiger partial charge in [-0.3, -0.25) is 9.78 Å². The number of carbonyl (C=O) groups is 2. The molecule has 0 unspecified atom stereocenters. The lowest BCUT2D eigenvalue weighted by molar-refractivity contribution is -0.124. The number of nitrogens with zero attached hydrogens (tertiary/aromatic N) is 1. The molecule has 1 heterocycles. The van der Waals surface area contributed by atoms with E-state index < -0.39 is 5.97 Å². The molecule has 0 aliphatic rings. The van der Waals surface area contributed by atoms with Crippen LogP contribution in [-0.4, -0.2) is 30.6 Å². The van der Waals surface area contributed by atoms with E-state index in [1.165, 1.54) is 0 Å². The van der Waals surface area contributed by atoms with Crippen LogP contribution in [0.1, 0.15) is 15.9 Å². The predicted octanol–water partition coefficient (Wildman–Crippen LogP) is 2.72. The maximum absolute atomic E-state index is 12.3. The number of rotatable bonds is 6. The molecule has 1 amide bonds. The van der Waals surface area contributed by atoms with Crippen LogP contribution < -0.4 is 10.1 Å². The molecule has 0 aliphatic heterocycles. The van der Waals surface area contributed by atoms with E-state index in [9.17, 15) is 9.59 Å². The van der Waals surface area contributed by atoms with E-state index in [1.54, 1.807) is 25.4 Å². The molecule has 132 valence electrons. The molecule has 0 aliphatic carbocycles. The summed E-state index contributed by atoms with van der Waals surface area (Å²) in [5.41, 5.74) is 2.01. The van der Waals surface area contributed by atoms with Crippen molar-refractivity contribution in [2.75, 3.05) is 13.7 Å². The standard InChI is InChI=1S/C20H18N2O4/c1-25-15-8-6-14(7-9-15)12-22-19(23)13-26-20(24)17-10-11-21-18-5-3-2-4-16(17)18/h2-11H,12-13H2,1H3,(H,22,23). The Morgan fingerprint density at radius 2 is 1.81 bits per heavy atom. The molecule has 2 aromatic carbocycles. The van der Waals surface area contributed by atoms with Gasteiger partial charge in [0.25, 0.3) is 5.91 Å².